The van der Waals surface area contributed by atoms with E-state index in [2.05, 4.69) is 25.5 Å². The number of hydrogen-bond acceptors (Lipinski definition) is 5. The quantitative estimate of drug-likeness (QED) is 0.727. The molecule has 0 aliphatic rings. The fourth-order valence-electron chi connectivity index (χ4n) is 2.18. The van der Waals surface area contributed by atoms with Gasteiger partial charge in [-0.15, -0.1) is 0 Å². The van der Waals surface area contributed by atoms with E-state index in [1.807, 2.05) is 25.1 Å². The molecule has 7 nitrogen and oxygen atoms in total. The van der Waals surface area contributed by atoms with E-state index in [0.717, 1.165) is 22.7 Å². The summed E-state index contributed by atoms with van der Waals surface area (Å²) in [4.78, 5) is 19.9. The number of ether oxygens (including phenoxy) is 1. The maximum absolute atomic E-state index is 12.0. The molecular formula is C17H17N5O2. The third-order valence-electron chi connectivity index (χ3n) is 3.39. The number of aryl methyl sites for hydroxylation is 2. The highest BCUT2D eigenvalue weighted by Crippen LogP contribution is 2.26. The molecule has 0 fully saturated rings. The summed E-state index contributed by atoms with van der Waals surface area (Å²) < 4.78 is 5.79. The fourth-order valence-corrected chi connectivity index (χ4v) is 2.18. The Morgan fingerprint density at radius 1 is 1.25 bits per heavy atom. The number of carbonyl (C=O) groups is 1. The Morgan fingerprint density at radius 2 is 2.08 bits per heavy atom. The molecule has 0 atom stereocenters. The third kappa shape index (κ3) is 4.16. The summed E-state index contributed by atoms with van der Waals surface area (Å²) in [5, 5.41) is 9.36. The second kappa shape index (κ2) is 7.36. The molecule has 2 N–H and O–H groups in total. The Labute approximate surface area is 139 Å². The molecule has 0 saturated carbocycles. The number of pyridine rings is 1. The summed E-state index contributed by atoms with van der Waals surface area (Å²) in [6, 6.07) is 9.11. The topological polar surface area (TPSA) is 92.8 Å². The first kappa shape index (κ1) is 15.7. The van der Waals surface area contributed by atoms with Gasteiger partial charge in [-0.25, -0.2) is 4.98 Å². The molecule has 1 aromatic carbocycles. The van der Waals surface area contributed by atoms with E-state index in [-0.39, 0.29) is 5.91 Å². The number of aromatic amines is 1. The van der Waals surface area contributed by atoms with Crippen LogP contribution in [0.25, 0.3) is 0 Å². The van der Waals surface area contributed by atoms with Gasteiger partial charge in [0, 0.05) is 30.9 Å². The molecule has 0 saturated heterocycles. The highest BCUT2D eigenvalue weighted by atomic mass is 16.5. The summed E-state index contributed by atoms with van der Waals surface area (Å²) in [6.07, 6.45) is 5.64. The van der Waals surface area contributed by atoms with Crippen molar-refractivity contribution >= 4 is 11.6 Å². The molecule has 0 spiro atoms. The van der Waals surface area contributed by atoms with Gasteiger partial charge in [-0.1, -0.05) is 0 Å². The average molecular weight is 323 g/mol. The van der Waals surface area contributed by atoms with Gasteiger partial charge in [-0.05, 0) is 42.8 Å². The van der Waals surface area contributed by atoms with Gasteiger partial charge in [-0.3, -0.25) is 14.9 Å². The first-order chi connectivity index (χ1) is 11.7. The molecule has 3 aromatic rings. The molecule has 2 heterocycles. The van der Waals surface area contributed by atoms with Crippen LogP contribution < -0.4 is 10.1 Å². The number of carbonyl (C=O) groups excluding carboxylic acids is 1. The Balaban J connectivity index is 1.58. The monoisotopic (exact) mass is 323 g/mol. The summed E-state index contributed by atoms with van der Waals surface area (Å²) in [7, 11) is 0. The zero-order valence-corrected chi connectivity index (χ0v) is 13.2. The van der Waals surface area contributed by atoms with Crippen LogP contribution in [0.3, 0.4) is 0 Å². The number of rotatable bonds is 6. The molecule has 7 heteroatoms. The number of benzene rings is 1. The van der Waals surface area contributed by atoms with E-state index in [0.29, 0.717) is 18.7 Å². The minimum absolute atomic E-state index is 0.0754. The van der Waals surface area contributed by atoms with Gasteiger partial charge in [0.1, 0.15) is 23.7 Å². The molecule has 122 valence electrons. The zero-order chi connectivity index (χ0) is 16.8. The number of anilines is 1. The van der Waals surface area contributed by atoms with Crippen molar-refractivity contribution in [2.75, 3.05) is 5.32 Å². The van der Waals surface area contributed by atoms with Crippen LogP contribution in [0.5, 0.6) is 11.5 Å². The van der Waals surface area contributed by atoms with Crippen LogP contribution in [0.4, 0.5) is 5.69 Å². The molecule has 24 heavy (non-hydrogen) atoms. The predicted octanol–water partition coefficient (Wildman–Crippen LogP) is 2.87. The molecule has 0 unspecified atom stereocenters. The summed E-state index contributed by atoms with van der Waals surface area (Å²) >= 11 is 0. The highest BCUT2D eigenvalue weighted by molar-refractivity contribution is 5.91. The average Bonchev–Trinajstić information content (AvgIpc) is 3.10. The van der Waals surface area contributed by atoms with Crippen molar-refractivity contribution in [3.05, 3.63) is 60.4 Å². The van der Waals surface area contributed by atoms with E-state index in [4.69, 9.17) is 4.74 Å². The zero-order valence-electron chi connectivity index (χ0n) is 13.2. The minimum atomic E-state index is -0.0754. The number of nitrogens with one attached hydrogen (secondary N) is 2. The maximum atomic E-state index is 12.0. The lowest BCUT2D eigenvalue weighted by atomic mass is 10.2. The van der Waals surface area contributed by atoms with E-state index in [1.54, 1.807) is 24.5 Å². The van der Waals surface area contributed by atoms with Gasteiger partial charge < -0.3 is 10.1 Å². The highest BCUT2D eigenvalue weighted by Gasteiger charge is 2.07. The Hall–Kier alpha value is -3.22. The van der Waals surface area contributed by atoms with Gasteiger partial charge in [0.15, 0.2) is 0 Å². The number of nitrogens with zero attached hydrogens (tertiary/aromatic N) is 3. The van der Waals surface area contributed by atoms with Gasteiger partial charge in [-0.2, -0.15) is 5.10 Å². The molecule has 0 aliphatic carbocycles. The SMILES string of the molecule is Cc1cc(NC(=O)CCc2ncn[nH]2)ccc1Oc1ccncc1. The van der Waals surface area contributed by atoms with Crippen molar-refractivity contribution in [3.63, 3.8) is 0 Å². The van der Waals surface area contributed by atoms with Crippen molar-refractivity contribution in [2.24, 2.45) is 0 Å². The molecule has 0 bridgehead atoms. The Bertz CT molecular complexity index is 803. The van der Waals surface area contributed by atoms with Gasteiger partial charge >= 0.3 is 0 Å². The summed E-state index contributed by atoms with van der Waals surface area (Å²) in [5.74, 6) is 2.08. The first-order valence-corrected chi connectivity index (χ1v) is 7.53. The fraction of sp³-hybridized carbons (Fsp3) is 0.176. The summed E-state index contributed by atoms with van der Waals surface area (Å²) in [5.41, 5.74) is 1.66. The largest absolute Gasteiger partial charge is 0.457 e. The number of aromatic nitrogens is 4. The second-order valence-corrected chi connectivity index (χ2v) is 5.25. The van der Waals surface area contributed by atoms with Crippen LogP contribution in [0, 0.1) is 6.92 Å². The molecule has 0 aliphatic heterocycles. The number of H-pyrrole nitrogens is 1. The lowest BCUT2D eigenvalue weighted by Gasteiger charge is -2.11. The predicted molar refractivity (Wildman–Crippen MR) is 88.8 cm³/mol. The lowest BCUT2D eigenvalue weighted by Crippen LogP contribution is -2.12. The Kier molecular flexibility index (Phi) is 4.81. The lowest BCUT2D eigenvalue weighted by molar-refractivity contribution is -0.116. The molecule has 2 aromatic heterocycles. The summed E-state index contributed by atoms with van der Waals surface area (Å²) in [6.45, 7) is 1.93. The van der Waals surface area contributed by atoms with Gasteiger partial charge in [0.2, 0.25) is 5.91 Å². The van der Waals surface area contributed by atoms with Gasteiger partial charge in [0.05, 0.1) is 0 Å². The molecular weight excluding hydrogens is 306 g/mol. The van der Waals surface area contributed by atoms with Gasteiger partial charge in [0.25, 0.3) is 0 Å². The minimum Gasteiger partial charge on any atom is -0.457 e. The third-order valence-corrected chi connectivity index (χ3v) is 3.39. The standard InChI is InChI=1S/C17H17N5O2/c1-12-10-13(21-17(23)5-4-16-19-11-20-22-16)2-3-15(12)24-14-6-8-18-9-7-14/h2-3,6-11H,4-5H2,1H3,(H,21,23)(H,19,20,22). The van der Waals surface area contributed by atoms with Crippen LogP contribution in [0.2, 0.25) is 0 Å². The number of amides is 1. The van der Waals surface area contributed by atoms with E-state index >= 15 is 0 Å². The maximum Gasteiger partial charge on any atom is 0.224 e. The molecule has 0 radical (unpaired) electrons. The van der Waals surface area contributed by atoms with Crippen LogP contribution in [0.15, 0.2) is 49.1 Å². The van der Waals surface area contributed by atoms with Crippen molar-refractivity contribution in [2.45, 2.75) is 19.8 Å². The second-order valence-electron chi connectivity index (χ2n) is 5.25. The first-order valence-electron chi connectivity index (χ1n) is 7.53. The smallest absolute Gasteiger partial charge is 0.224 e. The van der Waals surface area contributed by atoms with Crippen LogP contribution in [-0.4, -0.2) is 26.1 Å². The van der Waals surface area contributed by atoms with E-state index in [1.165, 1.54) is 6.33 Å². The van der Waals surface area contributed by atoms with Crippen molar-refractivity contribution < 1.29 is 9.53 Å². The van der Waals surface area contributed by atoms with E-state index in [9.17, 15) is 4.79 Å². The number of hydrogen-bond donors (Lipinski definition) is 2. The van der Waals surface area contributed by atoms with Crippen LogP contribution in [-0.2, 0) is 11.2 Å². The van der Waals surface area contributed by atoms with E-state index < -0.39 is 0 Å². The van der Waals surface area contributed by atoms with Crippen LogP contribution >= 0.6 is 0 Å². The molecule has 3 rings (SSSR count). The van der Waals surface area contributed by atoms with Crippen molar-refractivity contribution in [3.8, 4) is 11.5 Å². The normalized spacial score (nSPS) is 10.4. The molecule has 1 amide bonds. The van der Waals surface area contributed by atoms with Crippen molar-refractivity contribution in [1.29, 1.82) is 0 Å². The van der Waals surface area contributed by atoms with Crippen molar-refractivity contribution in [1.82, 2.24) is 20.2 Å². The Morgan fingerprint density at radius 3 is 2.79 bits per heavy atom. The van der Waals surface area contributed by atoms with Crippen LogP contribution in [0.1, 0.15) is 17.8 Å².